The summed E-state index contributed by atoms with van der Waals surface area (Å²) in [5.41, 5.74) is 5.61. The minimum Gasteiger partial charge on any atom is -0.490 e. The van der Waals surface area contributed by atoms with E-state index >= 15 is 0 Å². The maximum absolute atomic E-state index is 13.5. The number of allylic oxidation sites excluding steroid dienone is 1. The molecule has 5 atom stereocenters. The summed E-state index contributed by atoms with van der Waals surface area (Å²) >= 11 is 6.72. The number of aromatic nitrogens is 1. The fourth-order valence-corrected chi connectivity index (χ4v) is 7.21. The van der Waals surface area contributed by atoms with Gasteiger partial charge in [-0.25, -0.2) is 0 Å². The number of benzene rings is 2. The van der Waals surface area contributed by atoms with E-state index in [2.05, 4.69) is 28.3 Å². The SMILES string of the molecule is C=C(CCCNC(=O)[C@H]1OC(OC(C)=O)[C@H](OC(C)=O)[C@@H](OC(C)=O)[C@@H]1OC(C)=O)c1ccc(Cl)c(CNC2(c3cnccc3-c3ccccc3OC3CC3)CC2)c1. The second-order valence-corrected chi connectivity index (χ2v) is 15.1. The van der Waals surface area contributed by atoms with E-state index in [9.17, 15) is 24.0 Å². The molecule has 3 fully saturated rings. The summed E-state index contributed by atoms with van der Waals surface area (Å²) in [5, 5.41) is 7.14. The number of para-hydroxylation sites is 1. The van der Waals surface area contributed by atoms with Gasteiger partial charge in [0.15, 0.2) is 18.3 Å². The molecule has 308 valence electrons. The third kappa shape index (κ3) is 10.6. The highest BCUT2D eigenvalue weighted by Crippen LogP contribution is 2.50. The van der Waals surface area contributed by atoms with Crippen molar-refractivity contribution in [1.82, 2.24) is 15.6 Å². The number of amides is 1. The molecule has 58 heavy (non-hydrogen) atoms. The zero-order chi connectivity index (χ0) is 41.6. The zero-order valence-corrected chi connectivity index (χ0v) is 33.7. The van der Waals surface area contributed by atoms with Gasteiger partial charge in [0.25, 0.3) is 5.91 Å². The third-order valence-electron chi connectivity index (χ3n) is 10.0. The van der Waals surface area contributed by atoms with Crippen LogP contribution in [-0.2, 0) is 59.7 Å². The van der Waals surface area contributed by atoms with Crippen molar-refractivity contribution < 1.29 is 52.4 Å². The fraction of sp³-hybridized carbons (Fsp3) is 0.442. The Morgan fingerprint density at radius 2 is 1.53 bits per heavy atom. The van der Waals surface area contributed by atoms with Crippen LogP contribution < -0.4 is 15.4 Å². The van der Waals surface area contributed by atoms with Crippen molar-refractivity contribution in [3.63, 3.8) is 0 Å². The summed E-state index contributed by atoms with van der Waals surface area (Å²) in [5.74, 6) is -3.15. The molecule has 6 rings (SSSR count). The number of carbonyl (C=O) groups is 5. The molecule has 1 amide bonds. The third-order valence-corrected chi connectivity index (χ3v) is 10.4. The first-order valence-electron chi connectivity index (χ1n) is 19.3. The van der Waals surface area contributed by atoms with Crippen molar-refractivity contribution in [1.29, 1.82) is 0 Å². The lowest BCUT2D eigenvalue weighted by molar-refractivity contribution is -0.290. The minimum absolute atomic E-state index is 0.154. The van der Waals surface area contributed by atoms with Crippen molar-refractivity contribution >= 4 is 47.0 Å². The molecule has 1 aliphatic heterocycles. The Labute approximate surface area is 341 Å². The number of carbonyl (C=O) groups excluding carboxylic acids is 5. The second kappa shape index (κ2) is 18.5. The van der Waals surface area contributed by atoms with E-state index in [1.54, 1.807) is 0 Å². The van der Waals surface area contributed by atoms with Crippen LogP contribution in [-0.4, -0.2) is 78.1 Å². The molecule has 0 spiro atoms. The Morgan fingerprint density at radius 3 is 2.21 bits per heavy atom. The van der Waals surface area contributed by atoms with E-state index in [0.29, 0.717) is 24.4 Å². The van der Waals surface area contributed by atoms with Gasteiger partial charge in [0, 0.05) is 69.3 Å². The summed E-state index contributed by atoms with van der Waals surface area (Å²) in [7, 11) is 0. The molecule has 14 nitrogen and oxygen atoms in total. The molecular weight excluding hydrogens is 770 g/mol. The lowest BCUT2D eigenvalue weighted by Crippen LogP contribution is -2.65. The Bertz CT molecular complexity index is 2050. The van der Waals surface area contributed by atoms with E-state index in [4.69, 9.17) is 40.0 Å². The monoisotopic (exact) mass is 817 g/mol. The smallest absolute Gasteiger partial charge is 0.305 e. The maximum atomic E-state index is 13.5. The van der Waals surface area contributed by atoms with Crippen LogP contribution in [0.4, 0.5) is 0 Å². The maximum Gasteiger partial charge on any atom is 0.305 e. The van der Waals surface area contributed by atoms with Gasteiger partial charge in [-0.3, -0.25) is 29.0 Å². The van der Waals surface area contributed by atoms with E-state index in [0.717, 1.165) is 92.5 Å². The molecule has 1 unspecified atom stereocenters. The van der Waals surface area contributed by atoms with E-state index < -0.39 is 60.5 Å². The average Bonchev–Trinajstić information content (AvgIpc) is 4.12. The van der Waals surface area contributed by atoms with Gasteiger partial charge < -0.3 is 39.1 Å². The number of halogens is 1. The summed E-state index contributed by atoms with van der Waals surface area (Å²) in [6, 6.07) is 16.0. The van der Waals surface area contributed by atoms with E-state index in [1.807, 2.05) is 54.9 Å². The van der Waals surface area contributed by atoms with Crippen LogP contribution in [0.3, 0.4) is 0 Å². The molecule has 15 heteroatoms. The molecule has 2 N–H and O–H groups in total. The standard InChI is InChI=1S/C43H48ClN3O11/c1-24(9-8-19-46-41(52)39-37(53-25(2)48)38(54-26(3)49)40(55-27(4)50)42(58-39)56-28(5)51)29-12-15-35(44)30(21-29)22-47-43(17-18-43)34-23-45-20-16-32(34)33-10-6-7-11-36(33)57-31-13-14-31/h6-7,10-12,15-16,20-21,23,31,37-40,42,47H,1,8-9,13-14,17-19,22H2,2-5H3,(H,46,52)/t37-,38-,39-,40+,42?/m0/s1. The number of hydrogen-bond acceptors (Lipinski definition) is 13. The number of pyridine rings is 1. The highest BCUT2D eigenvalue weighted by atomic mass is 35.5. The van der Waals surface area contributed by atoms with E-state index in [1.165, 1.54) is 0 Å². The van der Waals surface area contributed by atoms with Crippen molar-refractivity contribution in [3.05, 3.63) is 89.2 Å². The Balaban J connectivity index is 1.08. The van der Waals surface area contributed by atoms with Gasteiger partial charge in [0.1, 0.15) is 5.75 Å². The molecule has 3 aliphatic rings. The number of hydrogen-bond donors (Lipinski definition) is 2. The first-order valence-corrected chi connectivity index (χ1v) is 19.7. The molecule has 0 bridgehead atoms. The van der Waals surface area contributed by atoms with Gasteiger partial charge in [-0.1, -0.05) is 42.4 Å². The summed E-state index contributed by atoms with van der Waals surface area (Å²) < 4.78 is 33.2. The normalized spacial score (nSPS) is 21.8. The van der Waals surface area contributed by atoms with Gasteiger partial charge >= 0.3 is 23.9 Å². The average molecular weight is 818 g/mol. The first-order chi connectivity index (χ1) is 27.7. The topological polar surface area (TPSA) is 178 Å². The molecule has 0 radical (unpaired) electrons. The van der Waals surface area contributed by atoms with Crippen LogP contribution >= 0.6 is 11.6 Å². The molecule has 2 saturated carbocycles. The predicted octanol–water partition coefficient (Wildman–Crippen LogP) is 5.71. The summed E-state index contributed by atoms with van der Waals surface area (Å²) in [4.78, 5) is 66.1. The van der Waals surface area contributed by atoms with Crippen LogP contribution in [0.15, 0.2) is 67.5 Å². The Kier molecular flexibility index (Phi) is 13.5. The molecule has 2 aromatic carbocycles. The highest BCUT2D eigenvalue weighted by molar-refractivity contribution is 6.31. The molecule has 3 aromatic rings. The molecule has 1 saturated heterocycles. The number of rotatable bonds is 17. The summed E-state index contributed by atoms with van der Waals surface area (Å²) in [6.07, 6.45) is 1.19. The number of nitrogens with zero attached hydrogens (tertiary/aromatic N) is 1. The summed E-state index contributed by atoms with van der Waals surface area (Å²) in [6.45, 7) is 9.30. The Hall–Kier alpha value is -5.31. The molecule has 1 aromatic heterocycles. The lowest BCUT2D eigenvalue weighted by Gasteiger charge is -2.43. The van der Waals surface area contributed by atoms with Gasteiger partial charge in [-0.05, 0) is 90.6 Å². The minimum atomic E-state index is -1.65. The molecule has 2 heterocycles. The highest BCUT2D eigenvalue weighted by Gasteiger charge is 2.55. The lowest BCUT2D eigenvalue weighted by atomic mass is 9.94. The van der Waals surface area contributed by atoms with Gasteiger partial charge in [-0.2, -0.15) is 0 Å². The van der Waals surface area contributed by atoms with Crippen LogP contribution in [0.25, 0.3) is 16.7 Å². The van der Waals surface area contributed by atoms with Crippen molar-refractivity contribution in [2.24, 2.45) is 0 Å². The first kappa shape index (κ1) is 42.3. The predicted molar refractivity (Wildman–Crippen MR) is 211 cm³/mol. The van der Waals surface area contributed by atoms with Crippen LogP contribution in [0.5, 0.6) is 5.75 Å². The fourth-order valence-electron chi connectivity index (χ4n) is 7.03. The van der Waals surface area contributed by atoms with Gasteiger partial charge in [0.05, 0.1) is 6.10 Å². The zero-order valence-electron chi connectivity index (χ0n) is 32.9. The van der Waals surface area contributed by atoms with Crippen LogP contribution in [0.2, 0.25) is 5.02 Å². The quantitative estimate of drug-likeness (QED) is 0.0963. The van der Waals surface area contributed by atoms with Crippen molar-refractivity contribution in [2.45, 2.75) is 115 Å². The van der Waals surface area contributed by atoms with E-state index in [-0.39, 0.29) is 18.2 Å². The number of esters is 4. The second-order valence-electron chi connectivity index (χ2n) is 14.7. The number of ether oxygens (including phenoxy) is 6. The van der Waals surface area contributed by atoms with Crippen LogP contribution in [0, 0.1) is 0 Å². The molecule has 2 aliphatic carbocycles. The Morgan fingerprint density at radius 1 is 0.862 bits per heavy atom. The van der Waals surface area contributed by atoms with Crippen molar-refractivity contribution in [3.8, 4) is 16.9 Å². The number of nitrogens with one attached hydrogen (secondary N) is 2. The largest absolute Gasteiger partial charge is 0.490 e. The van der Waals surface area contributed by atoms with Crippen molar-refractivity contribution in [2.75, 3.05) is 6.54 Å². The van der Waals surface area contributed by atoms with Crippen LogP contribution in [0.1, 0.15) is 82.9 Å². The molecular formula is C43H48ClN3O11. The van der Waals surface area contributed by atoms with Gasteiger partial charge in [0.2, 0.25) is 12.4 Å². The van der Waals surface area contributed by atoms with Gasteiger partial charge in [-0.15, -0.1) is 0 Å².